The predicted octanol–water partition coefficient (Wildman–Crippen LogP) is 1.16. The van der Waals surface area contributed by atoms with Crippen LogP contribution in [-0.4, -0.2) is 55.0 Å². The van der Waals surface area contributed by atoms with E-state index in [-0.39, 0.29) is 21.7 Å². The van der Waals surface area contributed by atoms with Crippen LogP contribution >= 0.6 is 11.6 Å². The summed E-state index contributed by atoms with van der Waals surface area (Å²) in [5, 5.41) is 2.56. The van der Waals surface area contributed by atoms with Gasteiger partial charge in [0.2, 0.25) is 0 Å². The van der Waals surface area contributed by atoms with Gasteiger partial charge in [-0.15, -0.1) is 11.6 Å². The number of anilines is 1. The molecular weight excluding hydrogens is 338 g/mol. The Hall–Kier alpha value is -0.830. The molecule has 1 aromatic rings. The summed E-state index contributed by atoms with van der Waals surface area (Å²) in [5.74, 6) is 0. The summed E-state index contributed by atoms with van der Waals surface area (Å²) in [7, 11) is -5.55. The van der Waals surface area contributed by atoms with Gasteiger partial charge in [0.05, 0.1) is 27.5 Å². The Morgan fingerprint density at radius 2 is 1.81 bits per heavy atom. The highest BCUT2D eigenvalue weighted by atomic mass is 35.5. The van der Waals surface area contributed by atoms with E-state index < -0.39 is 19.7 Å². The van der Waals surface area contributed by atoms with Crippen LogP contribution < -0.4 is 5.32 Å². The molecular formula is C12H18ClNO5S2. The van der Waals surface area contributed by atoms with E-state index in [0.717, 1.165) is 18.6 Å². The summed E-state index contributed by atoms with van der Waals surface area (Å²) in [6, 6.07) is 3.92. The van der Waals surface area contributed by atoms with Gasteiger partial charge in [0, 0.05) is 26.2 Å². The van der Waals surface area contributed by atoms with Gasteiger partial charge in [-0.05, 0) is 18.2 Å². The minimum atomic E-state index is -3.58. The van der Waals surface area contributed by atoms with Crippen molar-refractivity contribution >= 4 is 37.0 Å². The van der Waals surface area contributed by atoms with Gasteiger partial charge in [0.25, 0.3) is 0 Å². The first-order chi connectivity index (χ1) is 9.55. The van der Waals surface area contributed by atoms with Crippen molar-refractivity contribution < 1.29 is 21.6 Å². The number of methoxy groups -OCH3 is 1. The van der Waals surface area contributed by atoms with Crippen LogP contribution in [0.15, 0.2) is 28.0 Å². The molecule has 0 aliphatic rings. The first-order valence-electron chi connectivity index (χ1n) is 5.96. The fraction of sp³-hybridized carbons (Fsp3) is 0.500. The molecule has 9 heteroatoms. The first kappa shape index (κ1) is 18.2. The third-order valence-corrected chi connectivity index (χ3v) is 5.17. The Labute approximate surface area is 130 Å². The molecule has 0 aromatic heterocycles. The molecule has 0 saturated heterocycles. The van der Waals surface area contributed by atoms with E-state index in [2.05, 4.69) is 5.32 Å². The summed E-state index contributed by atoms with van der Waals surface area (Å²) in [6.45, 7) is 0.598. The van der Waals surface area contributed by atoms with Crippen molar-refractivity contribution in [2.75, 3.05) is 38.1 Å². The minimum Gasteiger partial charge on any atom is -0.383 e. The van der Waals surface area contributed by atoms with Crippen molar-refractivity contribution in [3.63, 3.8) is 0 Å². The molecule has 21 heavy (non-hydrogen) atoms. The number of hydrogen-bond acceptors (Lipinski definition) is 6. The molecule has 1 unspecified atom stereocenters. The van der Waals surface area contributed by atoms with Gasteiger partial charge in [0.15, 0.2) is 19.7 Å². The molecule has 0 radical (unpaired) electrons. The Morgan fingerprint density at radius 3 is 2.29 bits per heavy atom. The average Bonchev–Trinajstić information content (AvgIpc) is 2.34. The van der Waals surface area contributed by atoms with Gasteiger partial charge in [-0.1, -0.05) is 0 Å². The maximum absolute atomic E-state index is 11.8. The summed E-state index contributed by atoms with van der Waals surface area (Å²) in [6.07, 6.45) is 2.04. The van der Waals surface area contributed by atoms with Crippen LogP contribution in [0.5, 0.6) is 0 Å². The second-order valence-corrected chi connectivity index (χ2v) is 9.25. The van der Waals surface area contributed by atoms with Gasteiger partial charge < -0.3 is 10.1 Å². The van der Waals surface area contributed by atoms with Gasteiger partial charge >= 0.3 is 0 Å². The zero-order valence-electron chi connectivity index (χ0n) is 12.0. The van der Waals surface area contributed by atoms with Crippen molar-refractivity contribution in [3.8, 4) is 0 Å². The monoisotopic (exact) mass is 355 g/mol. The van der Waals surface area contributed by atoms with Crippen LogP contribution in [0.3, 0.4) is 0 Å². The number of rotatable bonds is 7. The third-order valence-electron chi connectivity index (χ3n) is 2.64. The van der Waals surface area contributed by atoms with E-state index in [0.29, 0.717) is 12.3 Å². The Kier molecular flexibility index (Phi) is 6.03. The summed E-state index contributed by atoms with van der Waals surface area (Å²) in [4.78, 5) is -0.125. The summed E-state index contributed by atoms with van der Waals surface area (Å²) in [5.41, 5.74) is 0.312. The largest absolute Gasteiger partial charge is 0.383 e. The Morgan fingerprint density at radius 1 is 1.19 bits per heavy atom. The lowest BCUT2D eigenvalue weighted by molar-refractivity contribution is 0.200. The number of alkyl halides is 1. The van der Waals surface area contributed by atoms with Crippen LogP contribution in [0, 0.1) is 0 Å². The molecule has 1 atom stereocenters. The van der Waals surface area contributed by atoms with Crippen molar-refractivity contribution in [2.24, 2.45) is 0 Å². The Balaban J connectivity index is 3.16. The molecule has 1 rings (SSSR count). The van der Waals surface area contributed by atoms with Crippen LogP contribution in [0.1, 0.15) is 0 Å². The second-order valence-electron chi connectivity index (χ2n) is 4.64. The van der Waals surface area contributed by atoms with E-state index in [9.17, 15) is 16.8 Å². The van der Waals surface area contributed by atoms with E-state index >= 15 is 0 Å². The highest BCUT2D eigenvalue weighted by Gasteiger charge is 2.18. The van der Waals surface area contributed by atoms with E-state index in [4.69, 9.17) is 16.3 Å². The van der Waals surface area contributed by atoms with E-state index in [1.165, 1.54) is 19.2 Å². The van der Waals surface area contributed by atoms with E-state index in [1.807, 2.05) is 0 Å². The molecule has 0 spiro atoms. The van der Waals surface area contributed by atoms with Crippen LogP contribution in [0.25, 0.3) is 0 Å². The molecule has 0 heterocycles. The lowest BCUT2D eigenvalue weighted by Gasteiger charge is -2.14. The van der Waals surface area contributed by atoms with E-state index in [1.54, 1.807) is 0 Å². The maximum atomic E-state index is 11.8. The Bertz CT molecular complexity index is 700. The molecule has 0 fully saturated rings. The van der Waals surface area contributed by atoms with Gasteiger partial charge in [-0.25, -0.2) is 16.8 Å². The number of ether oxygens (including phenoxy) is 1. The molecule has 6 nitrogen and oxygen atoms in total. The zero-order valence-corrected chi connectivity index (χ0v) is 14.3. The second kappa shape index (κ2) is 6.95. The maximum Gasteiger partial charge on any atom is 0.177 e. The molecule has 0 saturated carbocycles. The SMILES string of the molecule is COCC(Cl)CNc1ccc(S(C)(=O)=O)cc1S(C)(=O)=O. The van der Waals surface area contributed by atoms with Crippen LogP contribution in [-0.2, 0) is 24.4 Å². The van der Waals surface area contributed by atoms with Gasteiger partial charge in [-0.3, -0.25) is 0 Å². The fourth-order valence-corrected chi connectivity index (χ4v) is 3.45. The third kappa shape index (κ3) is 5.46. The lowest BCUT2D eigenvalue weighted by atomic mass is 10.3. The number of halogens is 1. The van der Waals surface area contributed by atoms with Crippen LogP contribution in [0.2, 0.25) is 0 Å². The first-order valence-corrected chi connectivity index (χ1v) is 10.2. The summed E-state index contributed by atoms with van der Waals surface area (Å²) < 4.78 is 51.5. The highest BCUT2D eigenvalue weighted by molar-refractivity contribution is 7.91. The van der Waals surface area contributed by atoms with Crippen molar-refractivity contribution in [1.82, 2.24) is 0 Å². The quantitative estimate of drug-likeness (QED) is 0.738. The molecule has 1 aromatic carbocycles. The number of hydrogen-bond donors (Lipinski definition) is 1. The number of sulfone groups is 2. The molecule has 1 N–H and O–H groups in total. The zero-order chi connectivity index (χ0) is 16.3. The smallest absolute Gasteiger partial charge is 0.177 e. The minimum absolute atomic E-state index is 0.0483. The molecule has 0 aliphatic heterocycles. The predicted molar refractivity (Wildman–Crippen MR) is 82.7 cm³/mol. The summed E-state index contributed by atoms with van der Waals surface area (Å²) >= 11 is 5.97. The highest BCUT2D eigenvalue weighted by Crippen LogP contribution is 2.25. The molecule has 0 bridgehead atoms. The number of nitrogens with one attached hydrogen (secondary N) is 1. The number of benzene rings is 1. The fourth-order valence-electron chi connectivity index (χ4n) is 1.65. The van der Waals surface area contributed by atoms with Crippen molar-refractivity contribution in [2.45, 2.75) is 15.2 Å². The lowest BCUT2D eigenvalue weighted by Crippen LogP contribution is -2.20. The molecule has 0 amide bonds. The standard InChI is InChI=1S/C12H18ClNO5S2/c1-19-8-9(13)7-14-11-5-4-10(20(2,15)16)6-12(11)21(3,17)18/h4-6,9,14H,7-8H2,1-3H3. The molecule has 120 valence electrons. The van der Waals surface area contributed by atoms with Crippen molar-refractivity contribution in [1.29, 1.82) is 0 Å². The average molecular weight is 356 g/mol. The van der Waals surface area contributed by atoms with Crippen molar-refractivity contribution in [3.05, 3.63) is 18.2 Å². The molecule has 0 aliphatic carbocycles. The van der Waals surface area contributed by atoms with Gasteiger partial charge in [0.1, 0.15) is 0 Å². The topological polar surface area (TPSA) is 89.5 Å². The normalized spacial score (nSPS) is 13.9. The van der Waals surface area contributed by atoms with Gasteiger partial charge in [-0.2, -0.15) is 0 Å². The van der Waals surface area contributed by atoms with Crippen LogP contribution in [0.4, 0.5) is 5.69 Å².